The molecule has 0 aromatic carbocycles. The molecule has 1 aromatic heterocycles. The number of rotatable bonds is 1. The third kappa shape index (κ3) is 1.59. The zero-order chi connectivity index (χ0) is 8.39. The zero-order valence-electron chi connectivity index (χ0n) is 6.73. The fourth-order valence-electron chi connectivity index (χ4n) is 1.51. The second-order valence-corrected chi connectivity index (χ2v) is 5.59. The first-order chi connectivity index (χ1) is 5.88. The summed E-state index contributed by atoms with van der Waals surface area (Å²) >= 11 is 1.49. The summed E-state index contributed by atoms with van der Waals surface area (Å²) < 4.78 is 15.6. The SMILES string of the molecule is O=S1CCCCC1c1ccns1. The second kappa shape index (κ2) is 3.66. The van der Waals surface area contributed by atoms with Crippen LogP contribution in [0.25, 0.3) is 0 Å². The van der Waals surface area contributed by atoms with E-state index in [4.69, 9.17) is 0 Å². The quantitative estimate of drug-likeness (QED) is 0.696. The van der Waals surface area contributed by atoms with E-state index in [-0.39, 0.29) is 5.25 Å². The minimum atomic E-state index is -0.637. The molecule has 0 spiro atoms. The summed E-state index contributed by atoms with van der Waals surface area (Å²) in [4.78, 5) is 1.20. The minimum absolute atomic E-state index is 0.284. The lowest BCUT2D eigenvalue weighted by Gasteiger charge is -2.19. The molecule has 1 aromatic rings. The lowest BCUT2D eigenvalue weighted by Crippen LogP contribution is -2.14. The van der Waals surface area contributed by atoms with Gasteiger partial charge in [-0.05, 0) is 30.4 Å². The van der Waals surface area contributed by atoms with E-state index in [1.54, 1.807) is 6.20 Å². The first kappa shape index (κ1) is 8.38. The van der Waals surface area contributed by atoms with Crippen LogP contribution in [0.15, 0.2) is 12.3 Å². The van der Waals surface area contributed by atoms with Gasteiger partial charge in [0, 0.05) is 27.6 Å². The van der Waals surface area contributed by atoms with Crippen molar-refractivity contribution < 1.29 is 4.21 Å². The first-order valence-electron chi connectivity index (χ1n) is 4.15. The topological polar surface area (TPSA) is 30.0 Å². The summed E-state index contributed by atoms with van der Waals surface area (Å²) in [6.07, 6.45) is 5.22. The number of aromatic nitrogens is 1. The van der Waals surface area contributed by atoms with Crippen molar-refractivity contribution in [1.82, 2.24) is 4.37 Å². The van der Waals surface area contributed by atoms with Gasteiger partial charge < -0.3 is 0 Å². The molecule has 1 fully saturated rings. The van der Waals surface area contributed by atoms with Gasteiger partial charge >= 0.3 is 0 Å². The molecule has 0 N–H and O–H groups in total. The van der Waals surface area contributed by atoms with E-state index in [0.717, 1.165) is 18.6 Å². The van der Waals surface area contributed by atoms with Crippen molar-refractivity contribution in [3.8, 4) is 0 Å². The summed E-state index contributed by atoms with van der Waals surface area (Å²) in [6, 6.07) is 2.00. The Labute approximate surface area is 78.6 Å². The normalized spacial score (nSPS) is 30.3. The molecule has 1 aliphatic heterocycles. The van der Waals surface area contributed by atoms with Crippen LogP contribution in [0.1, 0.15) is 29.4 Å². The van der Waals surface area contributed by atoms with Crippen LogP contribution in [0.5, 0.6) is 0 Å². The molecule has 4 heteroatoms. The Morgan fingerprint density at radius 3 is 3.17 bits per heavy atom. The number of nitrogens with zero attached hydrogens (tertiary/aromatic N) is 1. The molecule has 1 aliphatic rings. The monoisotopic (exact) mass is 201 g/mol. The molecule has 2 atom stereocenters. The van der Waals surface area contributed by atoms with Crippen molar-refractivity contribution in [1.29, 1.82) is 0 Å². The smallest absolute Gasteiger partial charge is 0.0706 e. The largest absolute Gasteiger partial charge is 0.259 e. The summed E-state index contributed by atoms with van der Waals surface area (Å²) in [5, 5.41) is 0.284. The van der Waals surface area contributed by atoms with Gasteiger partial charge in [-0.3, -0.25) is 4.21 Å². The molecule has 12 heavy (non-hydrogen) atoms. The lowest BCUT2D eigenvalue weighted by molar-refractivity contribution is 0.622. The summed E-state index contributed by atoms with van der Waals surface area (Å²) in [7, 11) is -0.637. The summed E-state index contributed by atoms with van der Waals surface area (Å²) in [6.45, 7) is 0. The van der Waals surface area contributed by atoms with Crippen LogP contribution in [0.4, 0.5) is 0 Å². The van der Waals surface area contributed by atoms with Crippen molar-refractivity contribution >= 4 is 22.3 Å². The fraction of sp³-hybridized carbons (Fsp3) is 0.625. The Morgan fingerprint density at radius 2 is 2.50 bits per heavy atom. The van der Waals surface area contributed by atoms with Gasteiger partial charge in [0.05, 0.1) is 5.25 Å². The van der Waals surface area contributed by atoms with Crippen molar-refractivity contribution in [2.24, 2.45) is 0 Å². The fourth-order valence-corrected chi connectivity index (χ4v) is 4.10. The average Bonchev–Trinajstić information content (AvgIpc) is 2.57. The van der Waals surface area contributed by atoms with E-state index in [0.29, 0.717) is 0 Å². The summed E-state index contributed by atoms with van der Waals surface area (Å²) in [5.74, 6) is 0.878. The Bertz CT molecular complexity index is 271. The maximum Gasteiger partial charge on any atom is 0.0706 e. The van der Waals surface area contributed by atoms with Gasteiger partial charge in [0.15, 0.2) is 0 Å². The summed E-state index contributed by atoms with van der Waals surface area (Å²) in [5.41, 5.74) is 0. The molecule has 0 saturated carbocycles. The van der Waals surface area contributed by atoms with Gasteiger partial charge in [0.25, 0.3) is 0 Å². The Hall–Kier alpha value is -0.220. The third-order valence-electron chi connectivity index (χ3n) is 2.15. The molecule has 66 valence electrons. The van der Waals surface area contributed by atoms with Gasteiger partial charge in [0.1, 0.15) is 0 Å². The molecule has 0 radical (unpaired) electrons. The molecular formula is C8H11NOS2. The van der Waals surface area contributed by atoms with E-state index in [1.165, 1.54) is 22.8 Å². The highest BCUT2D eigenvalue weighted by Gasteiger charge is 2.23. The number of hydrogen-bond donors (Lipinski definition) is 0. The van der Waals surface area contributed by atoms with Gasteiger partial charge in [-0.15, -0.1) is 0 Å². The third-order valence-corrected chi connectivity index (χ3v) is 4.98. The highest BCUT2D eigenvalue weighted by molar-refractivity contribution is 7.85. The molecule has 1 saturated heterocycles. The maximum atomic E-state index is 11.6. The van der Waals surface area contributed by atoms with Crippen molar-refractivity contribution in [2.75, 3.05) is 5.75 Å². The van der Waals surface area contributed by atoms with Gasteiger partial charge in [-0.25, -0.2) is 4.37 Å². The predicted octanol–water partition coefficient (Wildman–Crippen LogP) is 2.12. The molecule has 0 aliphatic carbocycles. The Kier molecular flexibility index (Phi) is 2.56. The molecular weight excluding hydrogens is 190 g/mol. The first-order valence-corrected chi connectivity index (χ1v) is 6.31. The second-order valence-electron chi connectivity index (χ2n) is 2.98. The minimum Gasteiger partial charge on any atom is -0.259 e. The lowest BCUT2D eigenvalue weighted by atomic mass is 10.2. The number of hydrogen-bond acceptors (Lipinski definition) is 3. The molecule has 2 heterocycles. The van der Waals surface area contributed by atoms with E-state index >= 15 is 0 Å². The zero-order valence-corrected chi connectivity index (χ0v) is 8.37. The van der Waals surface area contributed by atoms with Crippen LogP contribution < -0.4 is 0 Å². The molecule has 2 unspecified atom stereocenters. The predicted molar refractivity (Wildman–Crippen MR) is 51.7 cm³/mol. The molecule has 2 rings (SSSR count). The van der Waals surface area contributed by atoms with Crippen LogP contribution in [-0.2, 0) is 10.8 Å². The van der Waals surface area contributed by atoms with Crippen molar-refractivity contribution in [2.45, 2.75) is 24.5 Å². The van der Waals surface area contributed by atoms with Crippen LogP contribution in [-0.4, -0.2) is 14.3 Å². The molecule has 0 amide bonds. The van der Waals surface area contributed by atoms with Crippen LogP contribution in [0.3, 0.4) is 0 Å². The van der Waals surface area contributed by atoms with E-state index < -0.39 is 10.8 Å². The van der Waals surface area contributed by atoms with Gasteiger partial charge in [0.2, 0.25) is 0 Å². The molecule has 0 bridgehead atoms. The standard InChI is InChI=1S/C8H11NOS2/c10-12-6-2-1-3-8(12)7-4-5-9-11-7/h4-5,8H,1-3,6H2. The molecule has 2 nitrogen and oxygen atoms in total. The maximum absolute atomic E-state index is 11.6. The highest BCUT2D eigenvalue weighted by atomic mass is 32.2. The Balaban J connectivity index is 2.17. The van der Waals surface area contributed by atoms with E-state index in [1.807, 2.05) is 6.07 Å². The van der Waals surface area contributed by atoms with Crippen molar-refractivity contribution in [3.05, 3.63) is 17.1 Å². The van der Waals surface area contributed by atoms with Gasteiger partial charge in [-0.2, -0.15) is 0 Å². The van der Waals surface area contributed by atoms with Crippen molar-refractivity contribution in [3.63, 3.8) is 0 Å². The van der Waals surface area contributed by atoms with E-state index in [9.17, 15) is 4.21 Å². The van der Waals surface area contributed by atoms with Crippen LogP contribution in [0, 0.1) is 0 Å². The Morgan fingerprint density at radius 1 is 1.58 bits per heavy atom. The van der Waals surface area contributed by atoms with Gasteiger partial charge in [-0.1, -0.05) is 6.42 Å². The van der Waals surface area contributed by atoms with E-state index in [2.05, 4.69) is 4.37 Å². The average molecular weight is 201 g/mol. The van der Waals surface area contributed by atoms with Crippen LogP contribution >= 0.6 is 11.5 Å². The highest BCUT2D eigenvalue weighted by Crippen LogP contribution is 2.32. The van der Waals surface area contributed by atoms with Crippen LogP contribution in [0.2, 0.25) is 0 Å².